The van der Waals surface area contributed by atoms with E-state index in [0.717, 1.165) is 32.2 Å². The van der Waals surface area contributed by atoms with Crippen molar-refractivity contribution in [2.45, 2.75) is 101 Å². The average Bonchev–Trinajstić information content (AvgIpc) is 3.49. The molecule has 10 nitrogen and oxygen atoms in total. The summed E-state index contributed by atoms with van der Waals surface area (Å²) in [5.74, 6) is -0.200. The minimum Gasteiger partial charge on any atom is -0.472 e. The SMILES string of the molecule is C[C@@H]1Oc2nc(Cl)c(F)c3nc(OCC45CCCN4C[C@H](F)C5)nc(c23)N2C[C@H]3CC[C@@H]([C@@H]12)N3C(=O)OC(C)(C)C. The molecule has 0 aliphatic carbocycles. The van der Waals surface area contributed by atoms with E-state index in [1.807, 2.05) is 32.6 Å². The van der Waals surface area contributed by atoms with Crippen LogP contribution in [0.1, 0.15) is 59.8 Å². The lowest BCUT2D eigenvalue weighted by Gasteiger charge is -2.48. The fourth-order valence-electron chi connectivity index (χ4n) is 7.70. The maximum atomic E-state index is 15.5. The van der Waals surface area contributed by atoms with Gasteiger partial charge in [0.25, 0.3) is 0 Å². The highest BCUT2D eigenvalue weighted by Gasteiger charge is 2.54. The number of halogens is 3. The lowest BCUT2D eigenvalue weighted by molar-refractivity contribution is 0.000935. The van der Waals surface area contributed by atoms with Gasteiger partial charge in [-0.15, -0.1) is 0 Å². The molecule has 6 atom stereocenters. The van der Waals surface area contributed by atoms with Crippen molar-refractivity contribution in [1.82, 2.24) is 24.8 Å². The topological polar surface area (TPSA) is 93.2 Å². The van der Waals surface area contributed by atoms with E-state index < -0.39 is 29.2 Å². The van der Waals surface area contributed by atoms with Crippen LogP contribution in [-0.2, 0) is 4.74 Å². The first kappa shape index (κ1) is 27.1. The number of carbonyl (C=O) groups is 1. The van der Waals surface area contributed by atoms with Crippen LogP contribution in [0.4, 0.5) is 19.4 Å². The van der Waals surface area contributed by atoms with E-state index >= 15 is 4.39 Å². The van der Waals surface area contributed by atoms with E-state index in [2.05, 4.69) is 19.8 Å². The molecule has 1 unspecified atom stereocenters. The van der Waals surface area contributed by atoms with Gasteiger partial charge in [0.1, 0.15) is 41.2 Å². The molecule has 5 aliphatic rings. The number of anilines is 1. The number of hydrogen-bond donors (Lipinski definition) is 0. The Kier molecular flexibility index (Phi) is 6.21. The fraction of sp³-hybridized carbons (Fsp3) is 0.714. The van der Waals surface area contributed by atoms with Crippen molar-refractivity contribution >= 4 is 34.4 Å². The molecule has 0 radical (unpaired) electrons. The zero-order chi connectivity index (χ0) is 28.8. The van der Waals surface area contributed by atoms with Crippen molar-refractivity contribution in [3.8, 4) is 11.9 Å². The second kappa shape index (κ2) is 9.39. The van der Waals surface area contributed by atoms with Crippen molar-refractivity contribution in [1.29, 1.82) is 0 Å². The summed E-state index contributed by atoms with van der Waals surface area (Å²) >= 11 is 6.21. The van der Waals surface area contributed by atoms with Crippen molar-refractivity contribution in [3.63, 3.8) is 0 Å². The maximum absolute atomic E-state index is 15.5. The quantitative estimate of drug-likeness (QED) is 0.477. The third-order valence-corrected chi connectivity index (χ3v) is 9.52. The van der Waals surface area contributed by atoms with E-state index in [9.17, 15) is 9.18 Å². The molecule has 7 heterocycles. The lowest BCUT2D eigenvalue weighted by atomic mass is 9.95. The largest absolute Gasteiger partial charge is 0.472 e. The number of hydrogen-bond acceptors (Lipinski definition) is 9. The highest BCUT2D eigenvalue weighted by molar-refractivity contribution is 6.30. The van der Waals surface area contributed by atoms with E-state index in [1.54, 1.807) is 0 Å². The lowest BCUT2D eigenvalue weighted by Crippen LogP contribution is -2.65. The first-order chi connectivity index (χ1) is 19.4. The Hall–Kier alpha value is -2.73. The van der Waals surface area contributed by atoms with Gasteiger partial charge in [-0.05, 0) is 59.9 Å². The number of aromatic nitrogens is 3. The van der Waals surface area contributed by atoms with Crippen LogP contribution in [0.3, 0.4) is 0 Å². The van der Waals surface area contributed by atoms with Crippen molar-refractivity contribution < 1.29 is 27.8 Å². The van der Waals surface area contributed by atoms with Gasteiger partial charge in [0.05, 0.1) is 23.7 Å². The normalized spacial score (nSPS) is 32.5. The molecular weight excluding hydrogens is 558 g/mol. The molecule has 41 heavy (non-hydrogen) atoms. The van der Waals surface area contributed by atoms with Gasteiger partial charge in [0, 0.05) is 19.5 Å². The molecule has 2 aromatic rings. The summed E-state index contributed by atoms with van der Waals surface area (Å²) in [6.07, 6.45) is 2.05. The van der Waals surface area contributed by atoms with Crippen LogP contribution in [0.15, 0.2) is 0 Å². The average molecular weight is 593 g/mol. The van der Waals surface area contributed by atoms with Crippen LogP contribution in [0, 0.1) is 5.82 Å². The molecule has 0 spiro atoms. The number of carbonyl (C=O) groups excluding carboxylic acids is 1. The summed E-state index contributed by atoms with van der Waals surface area (Å²) in [6, 6.07) is -0.647. The molecule has 7 rings (SSSR count). The standard InChI is InChI=1S/C28H35ClF2N6O4/c1-14-21-17-7-6-16(37(17)26(38)41-27(2,3)4)12-36(21)23-18-20(19(31)22(29)33-24(18)40-14)32-25(34-23)39-13-28-8-5-9-35(28)11-15(30)10-28/h14-17,21H,5-13H2,1-4H3/t14-,15+,16+,17-,21+,28?/m0/s1. The Morgan fingerprint density at radius 3 is 2.80 bits per heavy atom. The van der Waals surface area contributed by atoms with Gasteiger partial charge in [0.15, 0.2) is 11.0 Å². The first-order valence-electron chi connectivity index (χ1n) is 14.5. The van der Waals surface area contributed by atoms with Crippen LogP contribution in [0.25, 0.3) is 10.9 Å². The summed E-state index contributed by atoms with van der Waals surface area (Å²) < 4.78 is 48.1. The van der Waals surface area contributed by atoms with E-state index in [-0.39, 0.29) is 53.4 Å². The minimum absolute atomic E-state index is 0.00151. The van der Waals surface area contributed by atoms with Gasteiger partial charge in [-0.1, -0.05) is 11.6 Å². The summed E-state index contributed by atoms with van der Waals surface area (Å²) in [6.45, 7) is 9.34. The van der Waals surface area contributed by atoms with Crippen LogP contribution < -0.4 is 14.4 Å². The molecular formula is C28H35ClF2N6O4. The Balaban J connectivity index is 1.28. The van der Waals surface area contributed by atoms with Gasteiger partial charge in [-0.3, -0.25) is 9.80 Å². The molecule has 0 aromatic carbocycles. The van der Waals surface area contributed by atoms with Crippen molar-refractivity contribution in [2.75, 3.05) is 31.1 Å². The number of ether oxygens (including phenoxy) is 3. The van der Waals surface area contributed by atoms with Crippen LogP contribution in [0.2, 0.25) is 5.15 Å². The maximum Gasteiger partial charge on any atom is 0.410 e. The number of rotatable bonds is 3. The Morgan fingerprint density at radius 2 is 2.02 bits per heavy atom. The predicted octanol–water partition coefficient (Wildman–Crippen LogP) is 4.51. The Bertz CT molecular complexity index is 1410. The summed E-state index contributed by atoms with van der Waals surface area (Å²) in [4.78, 5) is 32.8. The number of pyridine rings is 1. The molecule has 5 aliphatic heterocycles. The van der Waals surface area contributed by atoms with Gasteiger partial charge in [-0.25, -0.2) is 13.6 Å². The van der Waals surface area contributed by atoms with Crippen LogP contribution in [0.5, 0.6) is 11.9 Å². The number of nitrogens with zero attached hydrogens (tertiary/aromatic N) is 6. The molecule has 0 saturated carbocycles. The third-order valence-electron chi connectivity index (χ3n) is 9.27. The predicted molar refractivity (Wildman–Crippen MR) is 147 cm³/mol. The molecule has 222 valence electrons. The molecule has 0 N–H and O–H groups in total. The van der Waals surface area contributed by atoms with E-state index in [0.29, 0.717) is 30.7 Å². The second-order valence-corrected chi connectivity index (χ2v) is 13.4. The van der Waals surface area contributed by atoms with Gasteiger partial charge in [0.2, 0.25) is 5.88 Å². The molecule has 2 aromatic heterocycles. The molecule has 1 amide bonds. The minimum atomic E-state index is -0.901. The monoisotopic (exact) mass is 592 g/mol. The number of alkyl halides is 1. The van der Waals surface area contributed by atoms with Gasteiger partial charge in [-0.2, -0.15) is 15.0 Å². The van der Waals surface area contributed by atoms with Crippen LogP contribution in [-0.4, -0.2) is 98.6 Å². The van der Waals surface area contributed by atoms with Crippen molar-refractivity contribution in [2.24, 2.45) is 0 Å². The Morgan fingerprint density at radius 1 is 1.22 bits per heavy atom. The molecule has 4 saturated heterocycles. The highest BCUT2D eigenvalue weighted by Crippen LogP contribution is 2.46. The van der Waals surface area contributed by atoms with Crippen LogP contribution >= 0.6 is 11.6 Å². The molecule has 4 fully saturated rings. The zero-order valence-corrected chi connectivity index (χ0v) is 24.5. The van der Waals surface area contributed by atoms with Crippen molar-refractivity contribution in [3.05, 3.63) is 11.0 Å². The molecule has 13 heteroatoms. The van der Waals surface area contributed by atoms with E-state index in [4.69, 9.17) is 30.8 Å². The number of amides is 1. The molecule has 2 bridgehead atoms. The summed E-state index contributed by atoms with van der Waals surface area (Å²) in [5, 5.41) is -0.0345. The smallest absolute Gasteiger partial charge is 0.410 e. The number of piperazine rings is 1. The Labute approximate surface area is 242 Å². The first-order valence-corrected chi connectivity index (χ1v) is 14.9. The zero-order valence-electron chi connectivity index (χ0n) is 23.7. The third kappa shape index (κ3) is 4.35. The highest BCUT2D eigenvalue weighted by atomic mass is 35.5. The van der Waals surface area contributed by atoms with Gasteiger partial charge >= 0.3 is 12.1 Å². The summed E-state index contributed by atoms with van der Waals surface area (Å²) in [5.41, 5.74) is -1.08. The summed E-state index contributed by atoms with van der Waals surface area (Å²) in [7, 11) is 0. The van der Waals surface area contributed by atoms with Gasteiger partial charge < -0.3 is 19.1 Å². The second-order valence-electron chi connectivity index (χ2n) is 13.1. The number of fused-ring (bicyclic) bond motifs is 6. The fourth-order valence-corrected chi connectivity index (χ4v) is 7.87. The van der Waals surface area contributed by atoms with E-state index in [1.165, 1.54) is 0 Å².